The molecule has 0 atom stereocenters. The molecule has 20 heavy (non-hydrogen) atoms. The van der Waals surface area contributed by atoms with Gasteiger partial charge in [0.25, 0.3) is 5.91 Å². The Morgan fingerprint density at radius 1 is 1.25 bits per heavy atom. The molecule has 1 aromatic carbocycles. The second-order valence-corrected chi connectivity index (χ2v) is 5.00. The van der Waals surface area contributed by atoms with Crippen molar-refractivity contribution < 1.29 is 9.59 Å². The van der Waals surface area contributed by atoms with E-state index in [9.17, 15) is 9.59 Å². The van der Waals surface area contributed by atoms with Gasteiger partial charge in [0.05, 0.1) is 5.69 Å². The first kappa shape index (κ1) is 14.2. The van der Waals surface area contributed by atoms with Crippen molar-refractivity contribution in [1.29, 1.82) is 0 Å². The van der Waals surface area contributed by atoms with Crippen molar-refractivity contribution >= 4 is 28.3 Å². The zero-order chi connectivity index (χ0) is 14.4. The maximum Gasteiger partial charge on any atom is 0.257 e. The summed E-state index contributed by atoms with van der Waals surface area (Å²) >= 11 is 1.36. The average Bonchev–Trinajstić information content (AvgIpc) is 2.93. The lowest BCUT2D eigenvalue weighted by molar-refractivity contribution is -0.120. The Balaban J connectivity index is 1.93. The molecule has 0 saturated carbocycles. The number of rotatable bonds is 5. The lowest BCUT2D eigenvalue weighted by Crippen LogP contribution is -2.18. The minimum atomic E-state index is -0.183. The summed E-state index contributed by atoms with van der Waals surface area (Å²) in [5.41, 5.74) is 1.40. The number of nitrogens with one attached hydrogen (secondary N) is 2. The number of hydrogen-bond donors (Lipinski definition) is 2. The number of thiazole rings is 1. The first-order valence-electron chi connectivity index (χ1n) is 6.20. The molecule has 2 amide bonds. The van der Waals surface area contributed by atoms with E-state index in [1.807, 2.05) is 23.6 Å². The van der Waals surface area contributed by atoms with E-state index in [4.69, 9.17) is 0 Å². The van der Waals surface area contributed by atoms with E-state index in [0.29, 0.717) is 23.5 Å². The second-order valence-electron chi connectivity index (χ2n) is 4.14. The van der Waals surface area contributed by atoms with Gasteiger partial charge < -0.3 is 5.32 Å². The van der Waals surface area contributed by atoms with Gasteiger partial charge in [-0.05, 0) is 18.6 Å². The van der Waals surface area contributed by atoms with Gasteiger partial charge in [0.2, 0.25) is 5.91 Å². The number of amides is 2. The molecule has 2 aromatic rings. The molecule has 0 fully saturated rings. The molecule has 0 spiro atoms. The van der Waals surface area contributed by atoms with Crippen molar-refractivity contribution in [2.75, 3.05) is 12.4 Å². The Bertz CT molecular complexity index is 595. The van der Waals surface area contributed by atoms with Gasteiger partial charge in [-0.15, -0.1) is 11.3 Å². The first-order valence-corrected chi connectivity index (χ1v) is 7.08. The number of aromatic nitrogens is 1. The van der Waals surface area contributed by atoms with E-state index in [-0.39, 0.29) is 11.8 Å². The third-order valence-electron chi connectivity index (χ3n) is 2.70. The molecular weight excluding hydrogens is 274 g/mol. The third-order valence-corrected chi connectivity index (χ3v) is 3.50. The molecule has 104 valence electrons. The maximum atomic E-state index is 11.9. The molecule has 2 N–H and O–H groups in total. The fraction of sp³-hybridized carbons (Fsp3) is 0.214. The second kappa shape index (κ2) is 6.81. The maximum absolute atomic E-state index is 11.9. The predicted octanol–water partition coefficient (Wildman–Crippen LogP) is 2.07. The number of nitrogens with zero attached hydrogens (tertiary/aromatic N) is 1. The summed E-state index contributed by atoms with van der Waals surface area (Å²) in [5.74, 6) is -0.203. The van der Waals surface area contributed by atoms with Crippen LogP contribution in [0.15, 0.2) is 35.7 Å². The van der Waals surface area contributed by atoms with Gasteiger partial charge in [0.15, 0.2) is 5.13 Å². The van der Waals surface area contributed by atoms with Crippen LogP contribution in [-0.4, -0.2) is 23.8 Å². The van der Waals surface area contributed by atoms with E-state index in [1.54, 1.807) is 19.2 Å². The van der Waals surface area contributed by atoms with Crippen LogP contribution in [-0.2, 0) is 11.2 Å². The van der Waals surface area contributed by atoms with Crippen LogP contribution in [0.25, 0.3) is 0 Å². The number of benzene rings is 1. The van der Waals surface area contributed by atoms with E-state index in [2.05, 4.69) is 15.6 Å². The van der Waals surface area contributed by atoms with Gasteiger partial charge in [-0.3, -0.25) is 14.9 Å². The topological polar surface area (TPSA) is 71.1 Å². The number of carbonyl (C=O) groups is 2. The SMILES string of the molecule is CNC(=O)CCc1csc(NC(=O)c2ccccc2)n1. The van der Waals surface area contributed by atoms with Gasteiger partial charge in [-0.1, -0.05) is 18.2 Å². The molecular formula is C14H15N3O2S. The van der Waals surface area contributed by atoms with Crippen molar-refractivity contribution in [2.24, 2.45) is 0 Å². The fourth-order valence-corrected chi connectivity index (χ4v) is 2.34. The molecule has 0 aliphatic heterocycles. The van der Waals surface area contributed by atoms with Crippen LogP contribution in [0.3, 0.4) is 0 Å². The summed E-state index contributed by atoms with van der Waals surface area (Å²) < 4.78 is 0. The summed E-state index contributed by atoms with van der Waals surface area (Å²) in [6.07, 6.45) is 0.962. The van der Waals surface area contributed by atoms with Crippen molar-refractivity contribution in [1.82, 2.24) is 10.3 Å². The number of anilines is 1. The highest BCUT2D eigenvalue weighted by Gasteiger charge is 2.09. The zero-order valence-corrected chi connectivity index (χ0v) is 11.9. The van der Waals surface area contributed by atoms with Crippen LogP contribution in [0, 0.1) is 0 Å². The Kier molecular flexibility index (Phi) is 4.84. The molecule has 6 heteroatoms. The molecule has 0 saturated heterocycles. The van der Waals surface area contributed by atoms with Crippen molar-refractivity contribution in [3.05, 3.63) is 47.0 Å². The largest absolute Gasteiger partial charge is 0.359 e. The van der Waals surface area contributed by atoms with Gasteiger partial charge in [0.1, 0.15) is 0 Å². The predicted molar refractivity (Wildman–Crippen MR) is 78.9 cm³/mol. The minimum Gasteiger partial charge on any atom is -0.359 e. The van der Waals surface area contributed by atoms with E-state index in [1.165, 1.54) is 11.3 Å². The molecule has 1 aromatic heterocycles. The van der Waals surface area contributed by atoms with Crippen molar-refractivity contribution in [3.8, 4) is 0 Å². The molecule has 5 nitrogen and oxygen atoms in total. The number of hydrogen-bond acceptors (Lipinski definition) is 4. The van der Waals surface area contributed by atoms with Crippen LogP contribution in [0.4, 0.5) is 5.13 Å². The van der Waals surface area contributed by atoms with Gasteiger partial charge in [-0.2, -0.15) is 0 Å². The molecule has 2 rings (SSSR count). The smallest absolute Gasteiger partial charge is 0.257 e. The Morgan fingerprint density at radius 2 is 2.00 bits per heavy atom. The monoisotopic (exact) mass is 289 g/mol. The summed E-state index contributed by atoms with van der Waals surface area (Å²) in [6.45, 7) is 0. The van der Waals surface area contributed by atoms with Crippen LogP contribution >= 0.6 is 11.3 Å². The van der Waals surface area contributed by atoms with Gasteiger partial charge in [-0.25, -0.2) is 4.98 Å². The summed E-state index contributed by atoms with van der Waals surface area (Å²) in [5, 5.41) is 7.71. The summed E-state index contributed by atoms with van der Waals surface area (Å²) in [7, 11) is 1.61. The van der Waals surface area contributed by atoms with Gasteiger partial charge in [0, 0.05) is 24.4 Å². The minimum absolute atomic E-state index is 0.0205. The summed E-state index contributed by atoms with van der Waals surface area (Å²) in [4.78, 5) is 27.4. The third kappa shape index (κ3) is 3.89. The highest BCUT2D eigenvalue weighted by Crippen LogP contribution is 2.17. The van der Waals surface area contributed by atoms with E-state index >= 15 is 0 Å². The quantitative estimate of drug-likeness (QED) is 0.885. The summed E-state index contributed by atoms with van der Waals surface area (Å²) in [6, 6.07) is 8.97. The highest BCUT2D eigenvalue weighted by molar-refractivity contribution is 7.13. The van der Waals surface area contributed by atoms with Crippen molar-refractivity contribution in [3.63, 3.8) is 0 Å². The van der Waals surface area contributed by atoms with Gasteiger partial charge >= 0.3 is 0 Å². The standard InChI is InChI=1S/C14H15N3O2S/c1-15-12(18)8-7-11-9-20-14(16-11)17-13(19)10-5-3-2-4-6-10/h2-6,9H,7-8H2,1H3,(H,15,18)(H,16,17,19). The lowest BCUT2D eigenvalue weighted by atomic mass is 10.2. The molecule has 0 unspecified atom stereocenters. The van der Waals surface area contributed by atoms with Crippen LogP contribution < -0.4 is 10.6 Å². The Hall–Kier alpha value is -2.21. The zero-order valence-electron chi connectivity index (χ0n) is 11.1. The molecule has 0 bridgehead atoms. The van der Waals surface area contributed by atoms with Crippen molar-refractivity contribution in [2.45, 2.75) is 12.8 Å². The number of carbonyl (C=O) groups excluding carboxylic acids is 2. The number of aryl methyl sites for hydroxylation is 1. The lowest BCUT2D eigenvalue weighted by Gasteiger charge is -2.00. The van der Waals surface area contributed by atoms with Crippen LogP contribution in [0.2, 0.25) is 0 Å². The first-order chi connectivity index (χ1) is 9.69. The van der Waals surface area contributed by atoms with Crippen LogP contribution in [0.1, 0.15) is 22.5 Å². The van der Waals surface area contributed by atoms with Crippen LogP contribution in [0.5, 0.6) is 0 Å². The molecule has 0 aliphatic carbocycles. The molecule has 0 aliphatic rings. The highest BCUT2D eigenvalue weighted by atomic mass is 32.1. The molecule has 1 heterocycles. The average molecular weight is 289 g/mol. The molecule has 0 radical (unpaired) electrons. The Morgan fingerprint density at radius 3 is 2.70 bits per heavy atom. The van der Waals surface area contributed by atoms with E-state index < -0.39 is 0 Å². The van der Waals surface area contributed by atoms with E-state index in [0.717, 1.165) is 5.69 Å². The Labute approximate surface area is 121 Å². The normalized spacial score (nSPS) is 10.1. The fourth-order valence-electron chi connectivity index (χ4n) is 1.60.